The molecule has 0 spiro atoms. The molecule has 118 valence electrons. The Morgan fingerprint density at radius 2 is 1.14 bits per heavy atom. The van der Waals surface area contributed by atoms with Crippen molar-refractivity contribution in [1.82, 2.24) is 0 Å². The van der Waals surface area contributed by atoms with Gasteiger partial charge < -0.3 is 19.7 Å². The molecule has 2 aromatic rings. The highest BCUT2D eigenvalue weighted by Crippen LogP contribution is 2.35. The molecule has 2 rings (SSSR count). The third kappa shape index (κ3) is 3.85. The van der Waals surface area contributed by atoms with Gasteiger partial charge in [0.1, 0.15) is 0 Å². The number of rotatable bonds is 7. The van der Waals surface area contributed by atoms with Gasteiger partial charge in [-0.15, -0.1) is 0 Å². The standard InChI is InChI=1S/C18H22O4/c1-3-9-21-17-11-13(5-7-15(17)19)14-6-8-16(20)18(12-14)22-10-4-2/h5-8,11-12,19-20H,3-4,9-10H2,1-2H3. The molecule has 2 N–H and O–H groups in total. The summed E-state index contributed by atoms with van der Waals surface area (Å²) in [6.07, 6.45) is 1.75. The zero-order valence-electron chi connectivity index (χ0n) is 13.0. The average molecular weight is 302 g/mol. The molecule has 0 fully saturated rings. The Balaban J connectivity index is 2.30. The quantitative estimate of drug-likeness (QED) is 0.798. The van der Waals surface area contributed by atoms with Crippen LogP contribution in [0.1, 0.15) is 26.7 Å². The van der Waals surface area contributed by atoms with Crippen molar-refractivity contribution in [2.45, 2.75) is 26.7 Å². The fourth-order valence-corrected chi connectivity index (χ4v) is 2.04. The number of phenolic OH excluding ortho intramolecular Hbond substituents is 2. The summed E-state index contributed by atoms with van der Waals surface area (Å²) in [4.78, 5) is 0. The normalized spacial score (nSPS) is 10.5. The van der Waals surface area contributed by atoms with Crippen LogP contribution in [-0.4, -0.2) is 23.4 Å². The molecule has 4 heteroatoms. The smallest absolute Gasteiger partial charge is 0.161 e. The zero-order valence-corrected chi connectivity index (χ0v) is 13.0. The first-order valence-corrected chi connectivity index (χ1v) is 7.57. The van der Waals surface area contributed by atoms with Gasteiger partial charge in [0, 0.05) is 0 Å². The molecule has 0 aliphatic heterocycles. The summed E-state index contributed by atoms with van der Waals surface area (Å²) in [6, 6.07) is 10.4. The minimum Gasteiger partial charge on any atom is -0.504 e. The van der Waals surface area contributed by atoms with E-state index >= 15 is 0 Å². The lowest BCUT2D eigenvalue weighted by molar-refractivity contribution is 0.299. The highest BCUT2D eigenvalue weighted by molar-refractivity contribution is 5.69. The van der Waals surface area contributed by atoms with E-state index in [4.69, 9.17) is 9.47 Å². The van der Waals surface area contributed by atoms with Gasteiger partial charge in [0.2, 0.25) is 0 Å². The van der Waals surface area contributed by atoms with Crippen LogP contribution in [0, 0.1) is 0 Å². The number of ether oxygens (including phenoxy) is 2. The van der Waals surface area contributed by atoms with Crippen LogP contribution in [0.15, 0.2) is 36.4 Å². The molecule has 0 radical (unpaired) electrons. The number of benzene rings is 2. The van der Waals surface area contributed by atoms with Crippen LogP contribution in [0.5, 0.6) is 23.0 Å². The van der Waals surface area contributed by atoms with Crippen LogP contribution in [0.4, 0.5) is 0 Å². The first-order chi connectivity index (χ1) is 10.7. The zero-order chi connectivity index (χ0) is 15.9. The van der Waals surface area contributed by atoms with Crippen LogP contribution >= 0.6 is 0 Å². The van der Waals surface area contributed by atoms with E-state index in [0.29, 0.717) is 24.7 Å². The molecule has 0 amide bonds. The molecule has 0 unspecified atom stereocenters. The fourth-order valence-electron chi connectivity index (χ4n) is 2.04. The molecule has 0 bridgehead atoms. The van der Waals surface area contributed by atoms with Crippen molar-refractivity contribution in [3.63, 3.8) is 0 Å². The lowest BCUT2D eigenvalue weighted by atomic mass is 10.0. The molecule has 2 aromatic carbocycles. The Morgan fingerprint density at radius 1 is 0.727 bits per heavy atom. The van der Waals surface area contributed by atoms with E-state index in [0.717, 1.165) is 24.0 Å². The van der Waals surface area contributed by atoms with Crippen molar-refractivity contribution in [1.29, 1.82) is 0 Å². The van der Waals surface area contributed by atoms with Crippen molar-refractivity contribution >= 4 is 0 Å². The van der Waals surface area contributed by atoms with Crippen LogP contribution < -0.4 is 9.47 Å². The van der Waals surface area contributed by atoms with E-state index in [2.05, 4.69) is 0 Å². The van der Waals surface area contributed by atoms with Crippen molar-refractivity contribution in [3.05, 3.63) is 36.4 Å². The topological polar surface area (TPSA) is 58.9 Å². The molecular weight excluding hydrogens is 280 g/mol. The van der Waals surface area contributed by atoms with Gasteiger partial charge in [0.15, 0.2) is 23.0 Å². The Bertz CT molecular complexity index is 567. The molecule has 0 aromatic heterocycles. The highest BCUT2D eigenvalue weighted by Gasteiger charge is 2.09. The second-order valence-electron chi connectivity index (χ2n) is 5.06. The third-order valence-electron chi connectivity index (χ3n) is 3.18. The summed E-state index contributed by atoms with van der Waals surface area (Å²) < 4.78 is 11.1. The Labute approximate surface area is 130 Å². The van der Waals surface area contributed by atoms with E-state index in [-0.39, 0.29) is 11.5 Å². The van der Waals surface area contributed by atoms with E-state index in [9.17, 15) is 10.2 Å². The number of hydrogen-bond donors (Lipinski definition) is 2. The maximum atomic E-state index is 9.83. The molecule has 0 aliphatic rings. The predicted molar refractivity (Wildman–Crippen MR) is 86.8 cm³/mol. The maximum Gasteiger partial charge on any atom is 0.161 e. The van der Waals surface area contributed by atoms with Gasteiger partial charge in [0.25, 0.3) is 0 Å². The first-order valence-electron chi connectivity index (χ1n) is 7.57. The lowest BCUT2D eigenvalue weighted by Crippen LogP contribution is -1.96. The van der Waals surface area contributed by atoms with E-state index < -0.39 is 0 Å². The average Bonchev–Trinajstić information content (AvgIpc) is 2.53. The Hall–Kier alpha value is -2.36. The molecule has 0 heterocycles. The fraction of sp³-hybridized carbons (Fsp3) is 0.333. The molecular formula is C18H22O4. The van der Waals surface area contributed by atoms with Gasteiger partial charge in [-0.2, -0.15) is 0 Å². The molecule has 4 nitrogen and oxygen atoms in total. The molecule has 0 aliphatic carbocycles. The minimum absolute atomic E-state index is 0.124. The molecule has 0 saturated carbocycles. The Morgan fingerprint density at radius 3 is 1.50 bits per heavy atom. The van der Waals surface area contributed by atoms with Gasteiger partial charge in [-0.25, -0.2) is 0 Å². The predicted octanol–water partition coefficient (Wildman–Crippen LogP) is 4.34. The number of hydrogen-bond acceptors (Lipinski definition) is 4. The number of phenols is 2. The summed E-state index contributed by atoms with van der Waals surface area (Å²) in [5, 5.41) is 19.7. The summed E-state index contributed by atoms with van der Waals surface area (Å²) in [5.74, 6) is 1.17. The second-order valence-corrected chi connectivity index (χ2v) is 5.06. The molecule has 0 atom stereocenters. The third-order valence-corrected chi connectivity index (χ3v) is 3.18. The molecule has 22 heavy (non-hydrogen) atoms. The largest absolute Gasteiger partial charge is 0.504 e. The van der Waals surface area contributed by atoms with E-state index in [1.54, 1.807) is 24.3 Å². The highest BCUT2D eigenvalue weighted by atomic mass is 16.5. The van der Waals surface area contributed by atoms with Gasteiger partial charge in [-0.05, 0) is 48.2 Å². The summed E-state index contributed by atoms with van der Waals surface area (Å²) in [5.41, 5.74) is 1.79. The van der Waals surface area contributed by atoms with Gasteiger partial charge >= 0.3 is 0 Å². The van der Waals surface area contributed by atoms with Gasteiger partial charge in [-0.1, -0.05) is 26.0 Å². The van der Waals surface area contributed by atoms with Crippen LogP contribution in [0.2, 0.25) is 0 Å². The monoisotopic (exact) mass is 302 g/mol. The van der Waals surface area contributed by atoms with E-state index in [1.807, 2.05) is 26.0 Å². The van der Waals surface area contributed by atoms with Crippen molar-refractivity contribution in [3.8, 4) is 34.1 Å². The first kappa shape index (κ1) is 16.0. The van der Waals surface area contributed by atoms with Crippen molar-refractivity contribution in [2.24, 2.45) is 0 Å². The summed E-state index contributed by atoms with van der Waals surface area (Å²) >= 11 is 0. The maximum absolute atomic E-state index is 9.83. The van der Waals surface area contributed by atoms with Crippen LogP contribution in [0.3, 0.4) is 0 Å². The van der Waals surface area contributed by atoms with Gasteiger partial charge in [0.05, 0.1) is 13.2 Å². The molecule has 0 saturated heterocycles. The minimum atomic E-state index is 0.124. The van der Waals surface area contributed by atoms with Crippen molar-refractivity contribution < 1.29 is 19.7 Å². The summed E-state index contributed by atoms with van der Waals surface area (Å²) in [7, 11) is 0. The SMILES string of the molecule is CCCOc1cc(-c2ccc(O)c(OCCC)c2)ccc1O. The second kappa shape index (κ2) is 7.59. The number of aromatic hydroxyl groups is 2. The van der Waals surface area contributed by atoms with E-state index in [1.165, 1.54) is 0 Å². The summed E-state index contributed by atoms with van der Waals surface area (Å²) in [6.45, 7) is 5.13. The Kier molecular flexibility index (Phi) is 5.53. The van der Waals surface area contributed by atoms with Gasteiger partial charge in [-0.3, -0.25) is 0 Å². The lowest BCUT2D eigenvalue weighted by Gasteiger charge is -2.12. The van der Waals surface area contributed by atoms with Crippen LogP contribution in [-0.2, 0) is 0 Å². The van der Waals surface area contributed by atoms with Crippen molar-refractivity contribution in [2.75, 3.05) is 13.2 Å². The van der Waals surface area contributed by atoms with Crippen LogP contribution in [0.25, 0.3) is 11.1 Å².